The molecule has 0 heterocycles. The maximum atomic E-state index is 11.9. The van der Waals surface area contributed by atoms with Crippen LogP contribution in [0.5, 0.6) is 0 Å². The van der Waals surface area contributed by atoms with Crippen molar-refractivity contribution in [3.05, 3.63) is 28.2 Å². The van der Waals surface area contributed by atoms with Crippen LogP contribution in [0.1, 0.15) is 25.7 Å². The van der Waals surface area contributed by atoms with Gasteiger partial charge in [-0.2, -0.15) is 0 Å². The van der Waals surface area contributed by atoms with E-state index in [4.69, 9.17) is 23.2 Å². The summed E-state index contributed by atoms with van der Waals surface area (Å²) in [5.74, 6) is 0.181. The molecule has 1 amide bonds. The molecule has 0 saturated heterocycles. The summed E-state index contributed by atoms with van der Waals surface area (Å²) in [6.07, 6.45) is 3.26. The average molecular weight is 334 g/mol. The van der Waals surface area contributed by atoms with E-state index >= 15 is 0 Å². The molecule has 110 valence electrons. The third-order valence-corrected chi connectivity index (χ3v) is 5.06. The molecule has 1 aromatic rings. The normalized spacial score (nSPS) is 22.6. The van der Waals surface area contributed by atoms with Gasteiger partial charge in [0.25, 0.3) is 0 Å². The molecule has 0 aromatic heterocycles. The zero-order valence-electron chi connectivity index (χ0n) is 10.9. The van der Waals surface area contributed by atoms with Crippen LogP contribution in [-0.2, 0) is 4.79 Å². The minimum Gasteiger partial charge on any atom is -0.391 e. The second kappa shape index (κ2) is 7.55. The zero-order chi connectivity index (χ0) is 14.5. The van der Waals surface area contributed by atoms with Crippen LogP contribution in [0, 0.1) is 0 Å². The van der Waals surface area contributed by atoms with Crippen molar-refractivity contribution in [3.63, 3.8) is 0 Å². The van der Waals surface area contributed by atoms with Gasteiger partial charge in [-0.25, -0.2) is 0 Å². The third-order valence-electron chi connectivity index (χ3n) is 3.33. The molecule has 0 aliphatic heterocycles. The highest BCUT2D eigenvalue weighted by molar-refractivity contribution is 8.00. The van der Waals surface area contributed by atoms with Crippen LogP contribution < -0.4 is 5.32 Å². The molecule has 2 N–H and O–H groups in total. The van der Waals surface area contributed by atoms with Crippen LogP contribution in [-0.4, -0.2) is 28.9 Å². The van der Waals surface area contributed by atoms with Crippen LogP contribution in [0.15, 0.2) is 23.1 Å². The molecule has 1 aliphatic carbocycles. The molecule has 1 aromatic carbocycles. The quantitative estimate of drug-likeness (QED) is 0.829. The summed E-state index contributed by atoms with van der Waals surface area (Å²) in [5.41, 5.74) is 0. The van der Waals surface area contributed by atoms with Crippen LogP contribution in [0.3, 0.4) is 0 Å². The van der Waals surface area contributed by atoms with Crippen molar-refractivity contribution in [3.8, 4) is 0 Å². The van der Waals surface area contributed by atoms with Crippen molar-refractivity contribution in [2.45, 2.75) is 42.7 Å². The van der Waals surface area contributed by atoms with Gasteiger partial charge < -0.3 is 10.4 Å². The summed E-state index contributed by atoms with van der Waals surface area (Å²) in [5, 5.41) is 13.9. The van der Waals surface area contributed by atoms with Crippen LogP contribution >= 0.6 is 35.0 Å². The summed E-state index contributed by atoms with van der Waals surface area (Å²) in [4.78, 5) is 12.7. The van der Waals surface area contributed by atoms with Crippen molar-refractivity contribution in [1.82, 2.24) is 5.32 Å². The molecule has 0 unspecified atom stereocenters. The molecule has 2 atom stereocenters. The lowest BCUT2D eigenvalue weighted by molar-refractivity contribution is -0.120. The fourth-order valence-electron chi connectivity index (χ4n) is 2.26. The standard InChI is InChI=1S/C14H17Cl2NO2S/c15-9-5-6-10(16)13(7-9)20-8-14(19)17-11-3-1-2-4-12(11)18/h5-7,11-12,18H,1-4,8H2,(H,17,19)/t11-,12-/m0/s1. The Hall–Kier alpha value is -0.420. The first-order valence-corrected chi connectivity index (χ1v) is 8.35. The number of halogens is 2. The minimum absolute atomic E-state index is 0.0861. The second-order valence-corrected chi connectivity index (χ2v) is 6.75. The first-order chi connectivity index (χ1) is 9.56. The number of benzene rings is 1. The fraction of sp³-hybridized carbons (Fsp3) is 0.500. The smallest absolute Gasteiger partial charge is 0.230 e. The fourth-order valence-corrected chi connectivity index (χ4v) is 3.56. The van der Waals surface area contributed by atoms with Gasteiger partial charge in [0.2, 0.25) is 5.91 Å². The number of carbonyl (C=O) groups excluding carboxylic acids is 1. The van der Waals surface area contributed by atoms with Gasteiger partial charge in [-0.15, -0.1) is 11.8 Å². The monoisotopic (exact) mass is 333 g/mol. The minimum atomic E-state index is -0.424. The zero-order valence-corrected chi connectivity index (χ0v) is 13.3. The second-order valence-electron chi connectivity index (χ2n) is 4.89. The summed E-state index contributed by atoms with van der Waals surface area (Å²) in [7, 11) is 0. The summed E-state index contributed by atoms with van der Waals surface area (Å²) < 4.78 is 0. The predicted molar refractivity (Wildman–Crippen MR) is 83.6 cm³/mol. The van der Waals surface area contributed by atoms with E-state index in [1.807, 2.05) is 0 Å². The molecular formula is C14H17Cl2NO2S. The summed E-state index contributed by atoms with van der Waals surface area (Å²) >= 11 is 13.3. The van der Waals surface area contributed by atoms with Gasteiger partial charge in [-0.05, 0) is 31.0 Å². The molecule has 0 radical (unpaired) electrons. The molecular weight excluding hydrogens is 317 g/mol. The number of rotatable bonds is 4. The Morgan fingerprint density at radius 3 is 2.85 bits per heavy atom. The molecule has 1 fully saturated rings. The predicted octanol–water partition coefficient (Wildman–Crippen LogP) is 3.51. The number of amides is 1. The summed E-state index contributed by atoms with van der Waals surface area (Å²) in [6.45, 7) is 0. The average Bonchev–Trinajstić information content (AvgIpc) is 2.42. The van der Waals surface area contributed by atoms with Gasteiger partial charge in [0.15, 0.2) is 0 Å². The van der Waals surface area contributed by atoms with Crippen molar-refractivity contribution in [2.24, 2.45) is 0 Å². The SMILES string of the molecule is O=C(CSc1cc(Cl)ccc1Cl)N[C@H]1CCCC[C@@H]1O. The molecule has 0 bridgehead atoms. The maximum Gasteiger partial charge on any atom is 0.230 e. The van der Waals surface area contributed by atoms with E-state index < -0.39 is 6.10 Å². The highest BCUT2D eigenvalue weighted by Crippen LogP contribution is 2.29. The molecule has 3 nitrogen and oxygen atoms in total. The van der Waals surface area contributed by atoms with Crippen molar-refractivity contribution in [1.29, 1.82) is 0 Å². The molecule has 1 saturated carbocycles. The Morgan fingerprint density at radius 1 is 1.35 bits per heavy atom. The number of nitrogens with one attached hydrogen (secondary N) is 1. The Balaban J connectivity index is 1.84. The third kappa shape index (κ3) is 4.55. The molecule has 0 spiro atoms. The highest BCUT2D eigenvalue weighted by atomic mass is 35.5. The van der Waals surface area contributed by atoms with Crippen molar-refractivity contribution < 1.29 is 9.90 Å². The number of thioether (sulfide) groups is 1. The first kappa shape index (κ1) is 16.0. The molecule has 6 heteroatoms. The number of hydrogen-bond acceptors (Lipinski definition) is 3. The lowest BCUT2D eigenvalue weighted by Crippen LogP contribution is -2.45. The van der Waals surface area contributed by atoms with Gasteiger partial charge in [0.1, 0.15) is 0 Å². The Bertz CT molecular complexity index is 484. The first-order valence-electron chi connectivity index (χ1n) is 6.61. The van der Waals surface area contributed by atoms with E-state index in [-0.39, 0.29) is 17.7 Å². The van der Waals surface area contributed by atoms with Gasteiger partial charge in [-0.3, -0.25) is 4.79 Å². The maximum absolute atomic E-state index is 11.9. The lowest BCUT2D eigenvalue weighted by atomic mass is 9.93. The highest BCUT2D eigenvalue weighted by Gasteiger charge is 2.24. The van der Waals surface area contributed by atoms with E-state index in [0.717, 1.165) is 30.6 Å². The van der Waals surface area contributed by atoms with E-state index in [0.29, 0.717) is 10.0 Å². The van der Waals surface area contributed by atoms with Crippen molar-refractivity contribution >= 4 is 40.9 Å². The van der Waals surface area contributed by atoms with E-state index in [9.17, 15) is 9.90 Å². The van der Waals surface area contributed by atoms with Gasteiger partial charge in [0.05, 0.1) is 22.9 Å². The van der Waals surface area contributed by atoms with Crippen molar-refractivity contribution in [2.75, 3.05) is 5.75 Å². The topological polar surface area (TPSA) is 49.3 Å². The molecule has 20 heavy (non-hydrogen) atoms. The van der Waals surface area contributed by atoms with Gasteiger partial charge in [-0.1, -0.05) is 36.0 Å². The number of carbonyl (C=O) groups is 1. The van der Waals surface area contributed by atoms with Gasteiger partial charge >= 0.3 is 0 Å². The van der Waals surface area contributed by atoms with E-state index in [2.05, 4.69) is 5.32 Å². The largest absolute Gasteiger partial charge is 0.391 e. The molecule has 2 rings (SSSR count). The summed E-state index contributed by atoms with van der Waals surface area (Å²) in [6, 6.07) is 5.06. The Kier molecular flexibility index (Phi) is 6.02. The van der Waals surface area contributed by atoms with Gasteiger partial charge in [0, 0.05) is 9.92 Å². The number of hydrogen-bond donors (Lipinski definition) is 2. The Labute approximate surface area is 133 Å². The van der Waals surface area contributed by atoms with Crippen LogP contribution in [0.25, 0.3) is 0 Å². The van der Waals surface area contributed by atoms with Crippen LogP contribution in [0.2, 0.25) is 10.0 Å². The number of aliphatic hydroxyl groups excluding tert-OH is 1. The van der Waals surface area contributed by atoms with Crippen LogP contribution in [0.4, 0.5) is 0 Å². The Morgan fingerprint density at radius 2 is 2.10 bits per heavy atom. The number of aliphatic hydroxyl groups is 1. The van der Waals surface area contributed by atoms with E-state index in [1.54, 1.807) is 18.2 Å². The van der Waals surface area contributed by atoms with E-state index in [1.165, 1.54) is 11.8 Å². The lowest BCUT2D eigenvalue weighted by Gasteiger charge is -2.28. The molecule has 1 aliphatic rings.